The van der Waals surface area contributed by atoms with Crippen LogP contribution in [0.5, 0.6) is 0 Å². The Hall–Kier alpha value is -1.55. The Kier molecular flexibility index (Phi) is 8.10. The molecule has 1 unspecified atom stereocenters. The zero-order valence-corrected chi connectivity index (χ0v) is 14.9. The lowest BCUT2D eigenvalue weighted by molar-refractivity contribution is -0.114. The van der Waals surface area contributed by atoms with Gasteiger partial charge in [-0.15, -0.1) is 12.4 Å². The number of anilines is 1. The lowest BCUT2D eigenvalue weighted by atomic mass is 10.0. The van der Waals surface area contributed by atoms with E-state index in [9.17, 15) is 4.79 Å². The molecule has 124 valence electrons. The third kappa shape index (κ3) is 6.61. The Morgan fingerprint density at radius 2 is 1.87 bits per heavy atom. The summed E-state index contributed by atoms with van der Waals surface area (Å²) in [7, 11) is 0. The van der Waals surface area contributed by atoms with Gasteiger partial charge in [0.1, 0.15) is 0 Å². The van der Waals surface area contributed by atoms with Gasteiger partial charge in [-0.1, -0.05) is 42.8 Å². The second-order valence-corrected chi connectivity index (χ2v) is 5.90. The minimum atomic E-state index is -0.0544. The fourth-order valence-corrected chi connectivity index (χ4v) is 2.47. The zero-order chi connectivity index (χ0) is 15.9. The van der Waals surface area contributed by atoms with E-state index in [1.54, 1.807) is 0 Å². The number of nitrogens with one attached hydrogen (secondary N) is 2. The molecule has 0 aromatic heterocycles. The molecule has 5 heteroatoms. The van der Waals surface area contributed by atoms with Gasteiger partial charge in [-0.3, -0.25) is 4.79 Å². The molecule has 0 radical (unpaired) electrons. The van der Waals surface area contributed by atoms with Gasteiger partial charge in [-0.05, 0) is 41.3 Å². The van der Waals surface area contributed by atoms with Crippen molar-refractivity contribution in [1.29, 1.82) is 0 Å². The first-order valence-corrected chi connectivity index (χ1v) is 7.75. The van der Waals surface area contributed by atoms with Crippen molar-refractivity contribution in [3.05, 3.63) is 64.7 Å². The second kappa shape index (κ2) is 9.56. The first-order valence-electron chi connectivity index (χ1n) is 7.37. The summed E-state index contributed by atoms with van der Waals surface area (Å²) in [6.45, 7) is 5.37. The van der Waals surface area contributed by atoms with E-state index in [4.69, 9.17) is 11.6 Å². The molecular weight excluding hydrogens is 331 g/mol. The van der Waals surface area contributed by atoms with Crippen molar-refractivity contribution in [2.45, 2.75) is 26.3 Å². The number of carbonyl (C=O) groups is 1. The molecule has 2 aromatic rings. The fraction of sp³-hybridized carbons (Fsp3) is 0.278. The summed E-state index contributed by atoms with van der Waals surface area (Å²) in [6.07, 6.45) is 0. The van der Waals surface area contributed by atoms with Gasteiger partial charge >= 0.3 is 0 Å². The van der Waals surface area contributed by atoms with Gasteiger partial charge in [0.15, 0.2) is 0 Å². The van der Waals surface area contributed by atoms with Crippen LogP contribution >= 0.6 is 24.0 Å². The highest BCUT2D eigenvalue weighted by atomic mass is 35.5. The van der Waals surface area contributed by atoms with Crippen molar-refractivity contribution in [2.24, 2.45) is 0 Å². The summed E-state index contributed by atoms with van der Waals surface area (Å²) in [5.74, 6) is 0.346. The molecule has 0 spiro atoms. The number of hydrogen-bond acceptors (Lipinski definition) is 2. The minimum absolute atomic E-state index is 0. The van der Waals surface area contributed by atoms with Gasteiger partial charge in [0, 0.05) is 30.7 Å². The van der Waals surface area contributed by atoms with Crippen molar-refractivity contribution in [3.8, 4) is 0 Å². The average molecular weight is 353 g/mol. The van der Waals surface area contributed by atoms with Crippen LogP contribution in [-0.2, 0) is 11.3 Å². The molecule has 0 heterocycles. The SMILES string of the molecule is CC(=O)Nc1ccc(CNCC(C)c2cccc(Cl)c2)cc1.Cl. The molecule has 1 atom stereocenters. The van der Waals surface area contributed by atoms with Gasteiger partial charge in [0.05, 0.1) is 0 Å². The van der Waals surface area contributed by atoms with Crippen LogP contribution in [0.25, 0.3) is 0 Å². The van der Waals surface area contributed by atoms with Crippen LogP contribution in [-0.4, -0.2) is 12.5 Å². The highest BCUT2D eigenvalue weighted by molar-refractivity contribution is 6.30. The molecule has 0 aliphatic rings. The van der Waals surface area contributed by atoms with Gasteiger partial charge in [0.2, 0.25) is 5.91 Å². The molecule has 2 aromatic carbocycles. The van der Waals surface area contributed by atoms with Crippen molar-refractivity contribution >= 4 is 35.6 Å². The maximum atomic E-state index is 11.0. The average Bonchev–Trinajstić information content (AvgIpc) is 2.48. The monoisotopic (exact) mass is 352 g/mol. The van der Waals surface area contributed by atoms with Crippen LogP contribution in [0.4, 0.5) is 5.69 Å². The van der Waals surface area contributed by atoms with E-state index in [0.29, 0.717) is 5.92 Å². The van der Waals surface area contributed by atoms with E-state index in [1.165, 1.54) is 18.1 Å². The number of rotatable bonds is 6. The van der Waals surface area contributed by atoms with E-state index in [1.807, 2.05) is 42.5 Å². The summed E-state index contributed by atoms with van der Waals surface area (Å²) >= 11 is 6.02. The molecule has 0 fully saturated rings. The van der Waals surface area contributed by atoms with Crippen LogP contribution in [0.15, 0.2) is 48.5 Å². The summed E-state index contributed by atoms with van der Waals surface area (Å²) < 4.78 is 0. The van der Waals surface area contributed by atoms with Gasteiger partial charge in [-0.2, -0.15) is 0 Å². The molecule has 0 bridgehead atoms. The Bertz CT molecular complexity index is 629. The predicted molar refractivity (Wildman–Crippen MR) is 99.6 cm³/mol. The van der Waals surface area contributed by atoms with Crippen LogP contribution < -0.4 is 10.6 Å². The standard InChI is InChI=1S/C18H21ClN2O.ClH/c1-13(16-4-3-5-17(19)10-16)11-20-12-15-6-8-18(9-7-15)21-14(2)22;/h3-10,13,20H,11-12H2,1-2H3,(H,21,22);1H. The molecule has 3 nitrogen and oxygen atoms in total. The second-order valence-electron chi connectivity index (χ2n) is 5.47. The maximum Gasteiger partial charge on any atom is 0.221 e. The molecule has 0 saturated carbocycles. The molecule has 23 heavy (non-hydrogen) atoms. The van der Waals surface area contributed by atoms with Crippen molar-refractivity contribution < 1.29 is 4.79 Å². The lowest BCUT2D eigenvalue weighted by Gasteiger charge is -2.13. The van der Waals surface area contributed by atoms with E-state index >= 15 is 0 Å². The Labute approximate surface area is 148 Å². The molecule has 2 N–H and O–H groups in total. The first-order chi connectivity index (χ1) is 10.5. The van der Waals surface area contributed by atoms with Crippen LogP contribution in [0.1, 0.15) is 30.9 Å². The third-order valence-corrected chi connectivity index (χ3v) is 3.71. The van der Waals surface area contributed by atoms with E-state index in [-0.39, 0.29) is 18.3 Å². The van der Waals surface area contributed by atoms with Crippen LogP contribution in [0.2, 0.25) is 5.02 Å². The van der Waals surface area contributed by atoms with Crippen molar-refractivity contribution in [3.63, 3.8) is 0 Å². The number of hydrogen-bond donors (Lipinski definition) is 2. The topological polar surface area (TPSA) is 41.1 Å². The summed E-state index contributed by atoms with van der Waals surface area (Å²) in [5, 5.41) is 6.99. The number of amides is 1. The number of carbonyl (C=O) groups excluding carboxylic acids is 1. The van der Waals surface area contributed by atoms with Crippen molar-refractivity contribution in [2.75, 3.05) is 11.9 Å². The van der Waals surface area contributed by atoms with E-state index in [2.05, 4.69) is 23.6 Å². The van der Waals surface area contributed by atoms with Crippen LogP contribution in [0, 0.1) is 0 Å². The Balaban J connectivity index is 0.00000264. The molecule has 0 aliphatic heterocycles. The zero-order valence-electron chi connectivity index (χ0n) is 13.3. The molecule has 0 aliphatic carbocycles. The van der Waals surface area contributed by atoms with Crippen LogP contribution in [0.3, 0.4) is 0 Å². The van der Waals surface area contributed by atoms with E-state index < -0.39 is 0 Å². The molecule has 1 amide bonds. The van der Waals surface area contributed by atoms with Gasteiger partial charge < -0.3 is 10.6 Å². The van der Waals surface area contributed by atoms with Gasteiger partial charge in [0.25, 0.3) is 0 Å². The smallest absolute Gasteiger partial charge is 0.221 e. The quantitative estimate of drug-likeness (QED) is 0.796. The van der Waals surface area contributed by atoms with Crippen molar-refractivity contribution in [1.82, 2.24) is 5.32 Å². The summed E-state index contributed by atoms with van der Waals surface area (Å²) in [4.78, 5) is 11.0. The predicted octanol–water partition coefficient (Wildman–Crippen LogP) is 4.61. The molecule has 2 rings (SSSR count). The summed E-state index contributed by atoms with van der Waals surface area (Å²) in [6, 6.07) is 15.8. The largest absolute Gasteiger partial charge is 0.326 e. The highest BCUT2D eigenvalue weighted by Crippen LogP contribution is 2.18. The third-order valence-electron chi connectivity index (χ3n) is 3.47. The fourth-order valence-electron chi connectivity index (χ4n) is 2.27. The number of benzene rings is 2. The first kappa shape index (κ1) is 19.5. The maximum absolute atomic E-state index is 11.0. The molecule has 0 saturated heterocycles. The van der Waals surface area contributed by atoms with Gasteiger partial charge in [-0.25, -0.2) is 0 Å². The van der Waals surface area contributed by atoms with E-state index in [0.717, 1.165) is 23.8 Å². The highest BCUT2D eigenvalue weighted by Gasteiger charge is 2.05. The summed E-state index contributed by atoms with van der Waals surface area (Å²) in [5.41, 5.74) is 3.25. The Morgan fingerprint density at radius 3 is 2.48 bits per heavy atom. The minimum Gasteiger partial charge on any atom is -0.326 e. The molecular formula is C18H22Cl2N2O. The Morgan fingerprint density at radius 1 is 1.17 bits per heavy atom. The lowest BCUT2D eigenvalue weighted by Crippen LogP contribution is -2.19. The normalized spacial score (nSPS) is 11.4. The number of halogens is 2.